The lowest BCUT2D eigenvalue weighted by molar-refractivity contribution is 0.196. The molecule has 6 nitrogen and oxygen atoms in total. The van der Waals surface area contributed by atoms with Crippen molar-refractivity contribution < 1.29 is 13.2 Å². The van der Waals surface area contributed by atoms with E-state index in [1.165, 1.54) is 11.8 Å². The van der Waals surface area contributed by atoms with Crippen LogP contribution in [0.2, 0.25) is 0 Å². The average molecular weight is 430 g/mol. The number of benzene rings is 2. The Morgan fingerprint density at radius 1 is 1.13 bits per heavy atom. The Kier molecular flexibility index (Phi) is 9.31. The van der Waals surface area contributed by atoms with Crippen LogP contribution in [0.25, 0.3) is 16.8 Å². The minimum absolute atomic E-state index is 0.224. The van der Waals surface area contributed by atoms with E-state index in [0.29, 0.717) is 18.6 Å². The molecule has 0 aromatic heterocycles. The third-order valence-corrected chi connectivity index (χ3v) is 6.09. The van der Waals surface area contributed by atoms with Gasteiger partial charge in [0.1, 0.15) is 6.07 Å². The summed E-state index contributed by atoms with van der Waals surface area (Å²) in [5.41, 5.74) is 1.86. The quantitative estimate of drug-likeness (QED) is 0.402. The fraction of sp³-hybridized carbons (Fsp3) is 0.435. The number of nitrogens with one attached hydrogen (secondary N) is 1. The minimum atomic E-state index is -3.85. The normalized spacial score (nSPS) is 12.1. The number of ether oxygens (including phenoxy) is 1. The van der Waals surface area contributed by atoms with Gasteiger partial charge in [0.05, 0.1) is 0 Å². The summed E-state index contributed by atoms with van der Waals surface area (Å²) in [5.74, 6) is 0. The number of rotatable bonds is 12. The number of hydrogen-bond acceptors (Lipinski definition) is 5. The van der Waals surface area contributed by atoms with Crippen LogP contribution in [0.5, 0.6) is 0 Å². The Morgan fingerprint density at radius 3 is 2.43 bits per heavy atom. The Bertz CT molecular complexity index is 1000. The Labute approximate surface area is 180 Å². The Hall–Kier alpha value is -2.40. The van der Waals surface area contributed by atoms with Crippen molar-refractivity contribution in [1.82, 2.24) is 4.72 Å². The predicted molar refractivity (Wildman–Crippen MR) is 124 cm³/mol. The van der Waals surface area contributed by atoms with E-state index in [4.69, 9.17) is 4.74 Å². The molecule has 2 rings (SSSR count). The molecule has 0 atom stereocenters. The van der Waals surface area contributed by atoms with E-state index in [9.17, 15) is 13.7 Å². The first-order valence-electron chi connectivity index (χ1n) is 10.3. The van der Waals surface area contributed by atoms with Crippen molar-refractivity contribution in [2.45, 2.75) is 33.1 Å². The number of allylic oxidation sites excluding steroid dienone is 1. The number of nitriles is 1. The highest BCUT2D eigenvalue weighted by Crippen LogP contribution is 2.25. The van der Waals surface area contributed by atoms with E-state index in [2.05, 4.69) is 35.6 Å². The van der Waals surface area contributed by atoms with Crippen LogP contribution < -0.4 is 9.62 Å². The van der Waals surface area contributed by atoms with Crippen LogP contribution >= 0.6 is 0 Å². The van der Waals surface area contributed by atoms with Crippen molar-refractivity contribution in [1.29, 1.82) is 5.26 Å². The molecule has 0 spiro atoms. The van der Waals surface area contributed by atoms with E-state index in [1.807, 2.05) is 24.3 Å². The summed E-state index contributed by atoms with van der Waals surface area (Å²) in [4.78, 5) is 2.08. The molecule has 0 fully saturated rings. The van der Waals surface area contributed by atoms with Gasteiger partial charge in [0.25, 0.3) is 10.0 Å². The number of methoxy groups -OCH3 is 1. The highest BCUT2D eigenvalue weighted by atomic mass is 32.2. The van der Waals surface area contributed by atoms with Crippen LogP contribution in [0.3, 0.4) is 0 Å². The predicted octanol–water partition coefficient (Wildman–Crippen LogP) is 4.29. The van der Waals surface area contributed by atoms with Crippen molar-refractivity contribution in [2.75, 3.05) is 38.3 Å². The molecule has 2 aromatic carbocycles. The zero-order valence-electron chi connectivity index (χ0n) is 18.0. The molecule has 0 aliphatic carbocycles. The van der Waals surface area contributed by atoms with Crippen molar-refractivity contribution in [2.24, 2.45) is 0 Å². The van der Waals surface area contributed by atoms with E-state index in [1.54, 1.807) is 13.2 Å². The molecule has 2 aromatic rings. The second-order valence-corrected chi connectivity index (χ2v) is 8.88. The molecule has 0 saturated carbocycles. The second kappa shape index (κ2) is 11.7. The van der Waals surface area contributed by atoms with Gasteiger partial charge in [0.2, 0.25) is 0 Å². The zero-order chi connectivity index (χ0) is 22.0. The maximum Gasteiger partial charge on any atom is 0.250 e. The van der Waals surface area contributed by atoms with Gasteiger partial charge >= 0.3 is 0 Å². The average Bonchev–Trinajstić information content (AvgIpc) is 2.74. The standard InChI is InChI=1S/C23H31N3O3S/c1-4-12-26(13-5-2)22-10-9-20-15-19(7-8-21(20)17-22)16-23(18-24)30(27,28)25-11-6-14-29-3/h7-10,15-17,25H,4-6,11-14H2,1-3H3/b23-16+. The van der Waals surface area contributed by atoms with Gasteiger partial charge in [-0.05, 0) is 59.9 Å². The lowest BCUT2D eigenvalue weighted by Crippen LogP contribution is -2.26. The monoisotopic (exact) mass is 429 g/mol. The SMILES string of the molecule is CCCN(CCC)c1ccc2cc(/C=C(\C#N)S(=O)(=O)NCCCOC)ccc2c1. The Balaban J connectivity index is 2.27. The van der Waals surface area contributed by atoms with Gasteiger partial charge in [-0.15, -0.1) is 0 Å². The number of fused-ring (bicyclic) bond motifs is 1. The third-order valence-electron chi connectivity index (χ3n) is 4.71. The molecule has 0 aliphatic heterocycles. The Morgan fingerprint density at radius 2 is 1.80 bits per heavy atom. The first-order valence-corrected chi connectivity index (χ1v) is 11.8. The number of hydrogen-bond donors (Lipinski definition) is 1. The van der Waals surface area contributed by atoms with Crippen LogP contribution in [0.1, 0.15) is 38.7 Å². The van der Waals surface area contributed by atoms with Gasteiger partial charge in [-0.2, -0.15) is 5.26 Å². The molecule has 0 heterocycles. The summed E-state index contributed by atoms with van der Waals surface area (Å²) < 4.78 is 32.1. The lowest BCUT2D eigenvalue weighted by Gasteiger charge is -2.24. The van der Waals surface area contributed by atoms with Crippen molar-refractivity contribution >= 4 is 32.6 Å². The zero-order valence-corrected chi connectivity index (χ0v) is 18.8. The fourth-order valence-electron chi connectivity index (χ4n) is 3.27. The van der Waals surface area contributed by atoms with Crippen LogP contribution in [0, 0.1) is 11.3 Å². The third kappa shape index (κ3) is 6.56. The smallest absolute Gasteiger partial charge is 0.250 e. The molecule has 30 heavy (non-hydrogen) atoms. The topological polar surface area (TPSA) is 82.4 Å². The summed E-state index contributed by atoms with van der Waals surface area (Å²) >= 11 is 0. The summed E-state index contributed by atoms with van der Waals surface area (Å²) in [6.07, 6.45) is 4.13. The van der Waals surface area contributed by atoms with Crippen molar-refractivity contribution in [3.8, 4) is 6.07 Å². The van der Waals surface area contributed by atoms with Crippen molar-refractivity contribution in [3.63, 3.8) is 0 Å². The van der Waals surface area contributed by atoms with Crippen LogP contribution in [0.15, 0.2) is 41.3 Å². The van der Waals surface area contributed by atoms with Gasteiger partial charge in [-0.3, -0.25) is 0 Å². The molecule has 0 unspecified atom stereocenters. The van der Waals surface area contributed by atoms with E-state index >= 15 is 0 Å². The lowest BCUT2D eigenvalue weighted by atomic mass is 10.1. The summed E-state index contributed by atoms with van der Waals surface area (Å²) in [6, 6.07) is 13.8. The molecular weight excluding hydrogens is 398 g/mol. The summed E-state index contributed by atoms with van der Waals surface area (Å²) in [6.45, 7) is 7.06. The van der Waals surface area contributed by atoms with Crippen LogP contribution in [0.4, 0.5) is 5.69 Å². The molecule has 162 valence electrons. The number of anilines is 1. The van der Waals surface area contributed by atoms with Gasteiger partial charge < -0.3 is 9.64 Å². The van der Waals surface area contributed by atoms with Gasteiger partial charge in [0.15, 0.2) is 4.91 Å². The summed E-state index contributed by atoms with van der Waals surface area (Å²) in [7, 11) is -2.29. The van der Waals surface area contributed by atoms with Crippen LogP contribution in [-0.4, -0.2) is 41.8 Å². The van der Waals surface area contributed by atoms with Crippen molar-refractivity contribution in [3.05, 3.63) is 46.9 Å². The minimum Gasteiger partial charge on any atom is -0.385 e. The molecule has 0 aliphatic rings. The first kappa shape index (κ1) is 23.9. The maximum absolute atomic E-state index is 12.4. The maximum atomic E-state index is 12.4. The van der Waals surface area contributed by atoms with Gasteiger partial charge in [0, 0.05) is 39.0 Å². The number of sulfonamides is 1. The molecule has 7 heteroatoms. The second-order valence-electron chi connectivity index (χ2n) is 7.14. The first-order chi connectivity index (χ1) is 14.4. The van der Waals surface area contributed by atoms with Crippen LogP contribution in [-0.2, 0) is 14.8 Å². The molecule has 0 amide bonds. The van der Waals surface area contributed by atoms with E-state index in [-0.39, 0.29) is 11.4 Å². The molecule has 0 saturated heterocycles. The highest BCUT2D eigenvalue weighted by molar-refractivity contribution is 7.93. The molecular formula is C23H31N3O3S. The van der Waals surface area contributed by atoms with Gasteiger partial charge in [-0.1, -0.05) is 32.0 Å². The highest BCUT2D eigenvalue weighted by Gasteiger charge is 2.17. The molecule has 0 radical (unpaired) electrons. The fourth-order valence-corrected chi connectivity index (χ4v) is 4.25. The number of nitrogens with zero attached hydrogens (tertiary/aromatic N) is 2. The largest absolute Gasteiger partial charge is 0.385 e. The molecule has 0 bridgehead atoms. The van der Waals surface area contributed by atoms with Gasteiger partial charge in [-0.25, -0.2) is 13.1 Å². The summed E-state index contributed by atoms with van der Waals surface area (Å²) in [5, 5.41) is 11.5. The van der Waals surface area contributed by atoms with E-state index < -0.39 is 10.0 Å². The molecule has 1 N–H and O–H groups in total. The van der Waals surface area contributed by atoms with E-state index in [0.717, 1.165) is 36.7 Å².